The van der Waals surface area contributed by atoms with Crippen LogP contribution in [-0.2, 0) is 13.6 Å². The minimum absolute atomic E-state index is 0.156. The molecule has 0 saturated carbocycles. The minimum atomic E-state index is -0.156. The summed E-state index contributed by atoms with van der Waals surface area (Å²) in [6.45, 7) is 5.17. The number of anilines is 1. The summed E-state index contributed by atoms with van der Waals surface area (Å²) in [5.74, 6) is 1.22. The van der Waals surface area contributed by atoms with Gasteiger partial charge in [0, 0.05) is 20.1 Å². The molecule has 0 fully saturated rings. The highest BCUT2D eigenvalue weighted by Gasteiger charge is 2.16. The minimum Gasteiger partial charge on any atom is -0.320 e. The number of hydrogen-bond acceptors (Lipinski definition) is 3. The molecule has 112 valence electrons. The van der Waals surface area contributed by atoms with Crippen molar-refractivity contribution in [2.45, 2.75) is 26.8 Å². The number of hydrogen-bond donors (Lipinski definition) is 1. The van der Waals surface area contributed by atoms with Crippen molar-refractivity contribution in [3.8, 4) is 0 Å². The van der Waals surface area contributed by atoms with Crippen LogP contribution in [0.2, 0.25) is 0 Å². The summed E-state index contributed by atoms with van der Waals surface area (Å²) in [6.07, 6.45) is 0.901. The Bertz CT molecular complexity index is 593. The van der Waals surface area contributed by atoms with Gasteiger partial charge in [-0.25, -0.2) is 4.79 Å². The predicted molar refractivity (Wildman–Crippen MR) is 81.9 cm³/mol. The van der Waals surface area contributed by atoms with Gasteiger partial charge in [0.15, 0.2) is 0 Å². The first kappa shape index (κ1) is 15.0. The van der Waals surface area contributed by atoms with E-state index in [0.717, 1.165) is 17.8 Å². The van der Waals surface area contributed by atoms with Crippen molar-refractivity contribution in [2.75, 3.05) is 11.9 Å². The summed E-state index contributed by atoms with van der Waals surface area (Å²) in [5, 5.41) is 10.7. The highest BCUT2D eigenvalue weighted by atomic mass is 16.2. The van der Waals surface area contributed by atoms with E-state index in [-0.39, 0.29) is 6.03 Å². The van der Waals surface area contributed by atoms with Gasteiger partial charge in [-0.05, 0) is 18.9 Å². The molecule has 2 rings (SSSR count). The van der Waals surface area contributed by atoms with Gasteiger partial charge >= 0.3 is 6.03 Å². The molecule has 6 nitrogen and oxygen atoms in total. The van der Waals surface area contributed by atoms with Gasteiger partial charge in [-0.3, -0.25) is 5.32 Å². The topological polar surface area (TPSA) is 63.1 Å². The van der Waals surface area contributed by atoms with Crippen molar-refractivity contribution in [1.29, 1.82) is 0 Å². The molecule has 0 aliphatic carbocycles. The molecule has 1 heterocycles. The number of aryl methyl sites for hydroxylation is 1. The maximum Gasteiger partial charge on any atom is 0.324 e. The average Bonchev–Trinajstić information content (AvgIpc) is 2.80. The Hall–Kier alpha value is -2.37. The van der Waals surface area contributed by atoms with Crippen molar-refractivity contribution in [2.24, 2.45) is 7.05 Å². The molecule has 2 aromatic rings. The normalized spacial score (nSPS) is 10.4. The zero-order valence-corrected chi connectivity index (χ0v) is 12.7. The van der Waals surface area contributed by atoms with E-state index in [2.05, 4.69) is 22.4 Å². The van der Waals surface area contributed by atoms with Gasteiger partial charge in [-0.1, -0.05) is 37.3 Å². The molecule has 0 aliphatic rings. The van der Waals surface area contributed by atoms with Gasteiger partial charge in [0.2, 0.25) is 5.95 Å². The molecule has 6 heteroatoms. The van der Waals surface area contributed by atoms with Crippen molar-refractivity contribution < 1.29 is 4.79 Å². The first-order valence-corrected chi connectivity index (χ1v) is 7.07. The molecule has 21 heavy (non-hydrogen) atoms. The second kappa shape index (κ2) is 6.88. The summed E-state index contributed by atoms with van der Waals surface area (Å²) < 4.78 is 1.75. The van der Waals surface area contributed by atoms with Gasteiger partial charge < -0.3 is 9.47 Å². The molecule has 0 bridgehead atoms. The number of nitrogens with zero attached hydrogens (tertiary/aromatic N) is 4. The molecule has 2 amide bonds. The maximum absolute atomic E-state index is 12.4. The van der Waals surface area contributed by atoms with Gasteiger partial charge in [-0.15, -0.1) is 10.2 Å². The Morgan fingerprint density at radius 1 is 1.29 bits per heavy atom. The molecular formula is C15H21N5O. The summed E-state index contributed by atoms with van der Waals surface area (Å²) in [6, 6.07) is 9.80. The van der Waals surface area contributed by atoms with Crippen molar-refractivity contribution >= 4 is 12.0 Å². The van der Waals surface area contributed by atoms with Crippen LogP contribution in [-0.4, -0.2) is 32.2 Å². The monoisotopic (exact) mass is 287 g/mol. The summed E-state index contributed by atoms with van der Waals surface area (Å²) >= 11 is 0. The predicted octanol–water partition coefficient (Wildman–Crippen LogP) is 2.57. The van der Waals surface area contributed by atoms with Crippen molar-refractivity contribution in [3.05, 3.63) is 41.7 Å². The molecule has 1 N–H and O–H groups in total. The summed E-state index contributed by atoms with van der Waals surface area (Å²) in [4.78, 5) is 14.2. The third-order valence-electron chi connectivity index (χ3n) is 3.31. The van der Waals surface area contributed by atoms with Crippen molar-refractivity contribution in [1.82, 2.24) is 19.7 Å². The fourth-order valence-corrected chi connectivity index (χ4v) is 2.02. The van der Waals surface area contributed by atoms with Crippen LogP contribution < -0.4 is 5.32 Å². The van der Waals surface area contributed by atoms with E-state index in [9.17, 15) is 4.79 Å². The fraction of sp³-hybridized carbons (Fsp3) is 0.400. The maximum atomic E-state index is 12.4. The summed E-state index contributed by atoms with van der Waals surface area (Å²) in [5.41, 5.74) is 1.11. The molecule has 1 aromatic heterocycles. The molecule has 1 aromatic carbocycles. The Kier molecular flexibility index (Phi) is 4.92. The second-order valence-corrected chi connectivity index (χ2v) is 4.97. The SMILES string of the molecule is CCCN(Cc1ccccc1)C(=O)Nc1nnc(C)n1C. The number of carbonyl (C=O) groups is 1. The highest BCUT2D eigenvalue weighted by molar-refractivity contribution is 5.87. The van der Waals surface area contributed by atoms with Gasteiger partial charge in [-0.2, -0.15) is 0 Å². The van der Waals surface area contributed by atoms with Crippen LogP contribution in [0, 0.1) is 6.92 Å². The standard InChI is InChI=1S/C15H21N5O/c1-4-10-20(11-13-8-6-5-7-9-13)15(21)16-14-18-17-12(2)19(14)3/h5-9H,4,10-11H2,1-3H3,(H,16,18,21). The van der Waals surface area contributed by atoms with Crippen LogP contribution in [0.1, 0.15) is 24.7 Å². The third kappa shape index (κ3) is 3.81. The van der Waals surface area contributed by atoms with E-state index in [1.165, 1.54) is 0 Å². The lowest BCUT2D eigenvalue weighted by Gasteiger charge is -2.22. The van der Waals surface area contributed by atoms with E-state index >= 15 is 0 Å². The lowest BCUT2D eigenvalue weighted by molar-refractivity contribution is 0.209. The van der Waals surface area contributed by atoms with Crippen LogP contribution in [0.25, 0.3) is 0 Å². The second-order valence-electron chi connectivity index (χ2n) is 4.97. The molecule has 0 atom stereocenters. The number of nitrogens with one attached hydrogen (secondary N) is 1. The smallest absolute Gasteiger partial charge is 0.320 e. The average molecular weight is 287 g/mol. The van der Waals surface area contributed by atoms with Crippen LogP contribution in [0.15, 0.2) is 30.3 Å². The number of rotatable bonds is 5. The number of benzene rings is 1. The molecule has 0 aliphatic heterocycles. The molecule has 0 unspecified atom stereocenters. The zero-order chi connectivity index (χ0) is 15.2. The lowest BCUT2D eigenvalue weighted by atomic mass is 10.2. The first-order valence-electron chi connectivity index (χ1n) is 7.07. The number of carbonyl (C=O) groups excluding carboxylic acids is 1. The van der Waals surface area contributed by atoms with Crippen LogP contribution >= 0.6 is 0 Å². The van der Waals surface area contributed by atoms with E-state index < -0.39 is 0 Å². The van der Waals surface area contributed by atoms with Crippen LogP contribution in [0.3, 0.4) is 0 Å². The lowest BCUT2D eigenvalue weighted by Crippen LogP contribution is -2.35. The molecular weight excluding hydrogens is 266 g/mol. The Labute approximate surface area is 124 Å². The highest BCUT2D eigenvalue weighted by Crippen LogP contribution is 2.09. The number of urea groups is 1. The van der Waals surface area contributed by atoms with Gasteiger partial charge in [0.05, 0.1) is 0 Å². The fourth-order valence-electron chi connectivity index (χ4n) is 2.02. The van der Waals surface area contributed by atoms with Crippen LogP contribution in [0.4, 0.5) is 10.7 Å². The largest absolute Gasteiger partial charge is 0.324 e. The van der Waals surface area contributed by atoms with Crippen LogP contribution in [0.5, 0.6) is 0 Å². The quantitative estimate of drug-likeness (QED) is 0.919. The molecule has 0 saturated heterocycles. The Morgan fingerprint density at radius 2 is 2.00 bits per heavy atom. The number of aromatic nitrogens is 3. The van der Waals surface area contributed by atoms with E-state index in [1.807, 2.05) is 44.3 Å². The van der Waals surface area contributed by atoms with E-state index in [0.29, 0.717) is 19.0 Å². The van der Waals surface area contributed by atoms with E-state index in [4.69, 9.17) is 0 Å². The molecule has 0 spiro atoms. The summed E-state index contributed by atoms with van der Waals surface area (Å²) in [7, 11) is 1.83. The first-order chi connectivity index (χ1) is 10.1. The van der Waals surface area contributed by atoms with Gasteiger partial charge in [0.1, 0.15) is 5.82 Å². The van der Waals surface area contributed by atoms with E-state index in [1.54, 1.807) is 9.47 Å². The Balaban J connectivity index is 2.07. The van der Waals surface area contributed by atoms with Gasteiger partial charge in [0.25, 0.3) is 0 Å². The van der Waals surface area contributed by atoms with Crippen molar-refractivity contribution in [3.63, 3.8) is 0 Å². The molecule has 0 radical (unpaired) electrons. The zero-order valence-electron chi connectivity index (χ0n) is 12.7. The Morgan fingerprint density at radius 3 is 2.57 bits per heavy atom. The number of amides is 2. The third-order valence-corrected chi connectivity index (χ3v) is 3.31.